The van der Waals surface area contributed by atoms with Gasteiger partial charge in [-0.15, -0.1) is 0 Å². The van der Waals surface area contributed by atoms with Gasteiger partial charge in [-0.3, -0.25) is 0 Å². The Morgan fingerprint density at radius 2 is 1.79 bits per heavy atom. The van der Waals surface area contributed by atoms with Crippen LogP contribution in [0.3, 0.4) is 0 Å². The second-order valence-corrected chi connectivity index (χ2v) is 7.60. The number of rotatable bonds is 9. The first-order valence-corrected chi connectivity index (χ1v) is 10.3. The minimum absolute atomic E-state index is 0.315. The molecule has 0 aromatic heterocycles. The molecule has 28 heavy (non-hydrogen) atoms. The van der Waals surface area contributed by atoms with Crippen LogP contribution in [0.15, 0.2) is 72.8 Å². The fourth-order valence-corrected chi connectivity index (χ4v) is 3.58. The third-order valence-corrected chi connectivity index (χ3v) is 5.05. The van der Waals surface area contributed by atoms with Crippen molar-refractivity contribution in [2.45, 2.75) is 45.9 Å². The van der Waals surface area contributed by atoms with E-state index in [1.54, 1.807) is 0 Å². The molecule has 0 bridgehead atoms. The zero-order valence-electron chi connectivity index (χ0n) is 16.6. The number of halogens is 1. The lowest BCUT2D eigenvalue weighted by molar-refractivity contribution is 0.301. The van der Waals surface area contributed by atoms with E-state index < -0.39 is 0 Å². The molecular weight excluding hydrogens is 366 g/mol. The van der Waals surface area contributed by atoms with Gasteiger partial charge in [0.15, 0.2) is 0 Å². The van der Waals surface area contributed by atoms with E-state index in [0.29, 0.717) is 19.2 Å². The molecule has 0 radical (unpaired) electrons. The van der Waals surface area contributed by atoms with Gasteiger partial charge < -0.3 is 10.1 Å². The molecule has 2 nitrogen and oxygen atoms in total. The zero-order chi connectivity index (χ0) is 19.8. The van der Waals surface area contributed by atoms with Gasteiger partial charge in [0.25, 0.3) is 0 Å². The minimum Gasteiger partial charge on any atom is -0.489 e. The zero-order valence-corrected chi connectivity index (χ0v) is 17.4. The first kappa shape index (κ1) is 20.4. The molecule has 0 aliphatic rings. The Kier molecular flexibility index (Phi) is 7.53. The summed E-state index contributed by atoms with van der Waals surface area (Å²) in [6.45, 7) is 5.57. The maximum atomic E-state index is 6.26. The first-order chi connectivity index (χ1) is 13.7. The van der Waals surface area contributed by atoms with Gasteiger partial charge in [-0.25, -0.2) is 0 Å². The Labute approximate surface area is 173 Å². The maximum absolute atomic E-state index is 6.26. The minimum atomic E-state index is 0.315. The SMILES string of the molecule is CCCC(NCc1cc(Cl)ccc1OCc1cccc(C)c1)c1ccccc1. The Bertz CT molecular complexity index is 879. The van der Waals surface area contributed by atoms with Crippen molar-refractivity contribution in [3.8, 4) is 5.75 Å². The van der Waals surface area contributed by atoms with Crippen LogP contribution < -0.4 is 10.1 Å². The van der Waals surface area contributed by atoms with Crippen LogP contribution in [0, 0.1) is 6.92 Å². The van der Waals surface area contributed by atoms with E-state index in [-0.39, 0.29) is 0 Å². The highest BCUT2D eigenvalue weighted by atomic mass is 35.5. The van der Waals surface area contributed by atoms with Crippen LogP contribution in [0.25, 0.3) is 0 Å². The molecule has 0 heterocycles. The lowest BCUT2D eigenvalue weighted by atomic mass is 10.0. The molecule has 146 valence electrons. The summed E-state index contributed by atoms with van der Waals surface area (Å²) >= 11 is 6.26. The average Bonchev–Trinajstić information content (AvgIpc) is 2.71. The van der Waals surface area contributed by atoms with Crippen LogP contribution >= 0.6 is 11.6 Å². The molecule has 0 spiro atoms. The number of aryl methyl sites for hydroxylation is 1. The van der Waals surface area contributed by atoms with Gasteiger partial charge in [-0.05, 0) is 42.7 Å². The molecule has 3 aromatic rings. The van der Waals surface area contributed by atoms with Crippen LogP contribution in [0.2, 0.25) is 5.02 Å². The van der Waals surface area contributed by atoms with Crippen LogP contribution in [0.5, 0.6) is 5.75 Å². The quantitative estimate of drug-likeness (QED) is 0.428. The molecule has 0 saturated carbocycles. The van der Waals surface area contributed by atoms with Gasteiger partial charge in [0.1, 0.15) is 12.4 Å². The first-order valence-electron chi connectivity index (χ1n) is 9.91. The van der Waals surface area contributed by atoms with E-state index >= 15 is 0 Å². The third-order valence-electron chi connectivity index (χ3n) is 4.82. The van der Waals surface area contributed by atoms with Crippen LogP contribution in [0.4, 0.5) is 0 Å². The van der Waals surface area contributed by atoms with Crippen molar-refractivity contribution < 1.29 is 4.74 Å². The molecule has 1 unspecified atom stereocenters. The Morgan fingerprint density at radius 1 is 0.964 bits per heavy atom. The van der Waals surface area contributed by atoms with Gasteiger partial charge >= 0.3 is 0 Å². The van der Waals surface area contributed by atoms with E-state index in [4.69, 9.17) is 16.3 Å². The van der Waals surface area contributed by atoms with E-state index in [2.05, 4.69) is 73.8 Å². The van der Waals surface area contributed by atoms with Crippen molar-refractivity contribution in [2.24, 2.45) is 0 Å². The average molecular weight is 394 g/mol. The molecule has 0 amide bonds. The number of hydrogen-bond donors (Lipinski definition) is 1. The van der Waals surface area contributed by atoms with E-state index in [0.717, 1.165) is 29.2 Å². The van der Waals surface area contributed by atoms with Gasteiger partial charge in [-0.2, -0.15) is 0 Å². The monoisotopic (exact) mass is 393 g/mol. The summed E-state index contributed by atoms with van der Waals surface area (Å²) in [5, 5.41) is 4.42. The van der Waals surface area contributed by atoms with Crippen LogP contribution in [0.1, 0.15) is 48.1 Å². The maximum Gasteiger partial charge on any atom is 0.124 e. The molecule has 0 aliphatic heterocycles. The fourth-order valence-electron chi connectivity index (χ4n) is 3.38. The third kappa shape index (κ3) is 5.85. The lowest BCUT2D eigenvalue weighted by Crippen LogP contribution is -2.21. The Balaban J connectivity index is 1.71. The summed E-state index contributed by atoms with van der Waals surface area (Å²) in [6, 6.07) is 25.2. The van der Waals surface area contributed by atoms with E-state index in [1.807, 2.05) is 18.2 Å². The van der Waals surface area contributed by atoms with Gasteiger partial charge in [0, 0.05) is 23.2 Å². The molecule has 3 heteroatoms. The molecule has 3 aromatic carbocycles. The van der Waals surface area contributed by atoms with Crippen molar-refractivity contribution in [3.05, 3.63) is 100 Å². The molecule has 3 rings (SSSR count). The van der Waals surface area contributed by atoms with E-state index in [1.165, 1.54) is 16.7 Å². The predicted molar refractivity (Wildman–Crippen MR) is 118 cm³/mol. The van der Waals surface area contributed by atoms with Gasteiger partial charge in [-0.1, -0.05) is 85.1 Å². The smallest absolute Gasteiger partial charge is 0.124 e. The normalized spacial score (nSPS) is 12.0. The van der Waals surface area contributed by atoms with Crippen molar-refractivity contribution in [2.75, 3.05) is 0 Å². The Hall–Kier alpha value is -2.29. The Morgan fingerprint density at radius 3 is 2.54 bits per heavy atom. The van der Waals surface area contributed by atoms with Crippen molar-refractivity contribution in [3.63, 3.8) is 0 Å². The van der Waals surface area contributed by atoms with Gasteiger partial charge in [0.2, 0.25) is 0 Å². The van der Waals surface area contributed by atoms with Crippen LogP contribution in [-0.4, -0.2) is 0 Å². The van der Waals surface area contributed by atoms with Gasteiger partial charge in [0.05, 0.1) is 0 Å². The molecule has 0 aliphatic carbocycles. The van der Waals surface area contributed by atoms with E-state index in [9.17, 15) is 0 Å². The number of hydrogen-bond acceptors (Lipinski definition) is 2. The second kappa shape index (κ2) is 10.3. The standard InChI is InChI=1S/C25H28ClNO/c1-3-8-24(21-11-5-4-6-12-21)27-17-22-16-23(26)13-14-25(22)28-18-20-10-7-9-19(2)15-20/h4-7,9-16,24,27H,3,8,17-18H2,1-2H3. The summed E-state index contributed by atoms with van der Waals surface area (Å²) < 4.78 is 6.13. The number of nitrogens with one attached hydrogen (secondary N) is 1. The molecule has 0 saturated heterocycles. The molecule has 1 atom stereocenters. The summed E-state index contributed by atoms with van der Waals surface area (Å²) in [5.41, 5.74) is 4.80. The molecular formula is C25H28ClNO. The highest BCUT2D eigenvalue weighted by Gasteiger charge is 2.12. The van der Waals surface area contributed by atoms with Crippen molar-refractivity contribution >= 4 is 11.6 Å². The second-order valence-electron chi connectivity index (χ2n) is 7.16. The predicted octanol–water partition coefficient (Wildman–Crippen LogP) is 6.86. The number of ether oxygens (including phenoxy) is 1. The largest absolute Gasteiger partial charge is 0.489 e. The highest BCUT2D eigenvalue weighted by molar-refractivity contribution is 6.30. The highest BCUT2D eigenvalue weighted by Crippen LogP contribution is 2.26. The summed E-state index contributed by atoms with van der Waals surface area (Å²) in [6.07, 6.45) is 2.21. The van der Waals surface area contributed by atoms with Crippen molar-refractivity contribution in [1.82, 2.24) is 5.32 Å². The molecule has 0 fully saturated rings. The molecule has 1 N–H and O–H groups in total. The lowest BCUT2D eigenvalue weighted by Gasteiger charge is -2.20. The summed E-state index contributed by atoms with van der Waals surface area (Å²) in [4.78, 5) is 0. The number of benzene rings is 3. The summed E-state index contributed by atoms with van der Waals surface area (Å²) in [5.74, 6) is 0.877. The van der Waals surface area contributed by atoms with Crippen LogP contribution in [-0.2, 0) is 13.2 Å². The fraction of sp³-hybridized carbons (Fsp3) is 0.280. The summed E-state index contributed by atoms with van der Waals surface area (Å²) in [7, 11) is 0. The van der Waals surface area contributed by atoms with Crippen molar-refractivity contribution in [1.29, 1.82) is 0 Å². The topological polar surface area (TPSA) is 21.3 Å².